The fourth-order valence-electron chi connectivity index (χ4n) is 3.40. The van der Waals surface area contributed by atoms with Crippen molar-refractivity contribution in [3.05, 3.63) is 0 Å². The van der Waals surface area contributed by atoms with E-state index >= 15 is 0 Å². The lowest BCUT2D eigenvalue weighted by atomic mass is 9.89. The average Bonchev–Trinajstić information content (AvgIpc) is 3.20. The maximum atomic E-state index is 3.83. The summed E-state index contributed by atoms with van der Waals surface area (Å²) in [4.78, 5) is 2.79. The topological polar surface area (TPSA) is 15.3 Å². The number of nitrogens with zero attached hydrogens (tertiary/aromatic N) is 1. The number of likely N-dealkylation sites (tertiary alicyclic amines) is 1. The molecule has 0 amide bonds. The van der Waals surface area contributed by atoms with Gasteiger partial charge in [0, 0.05) is 25.2 Å². The first-order valence-electron chi connectivity index (χ1n) is 8.66. The fourth-order valence-corrected chi connectivity index (χ4v) is 3.40. The van der Waals surface area contributed by atoms with Gasteiger partial charge in [-0.2, -0.15) is 0 Å². The first kappa shape index (κ1) is 15.3. The van der Waals surface area contributed by atoms with Crippen LogP contribution in [0.3, 0.4) is 0 Å². The third kappa shape index (κ3) is 5.43. The van der Waals surface area contributed by atoms with Crippen molar-refractivity contribution in [1.29, 1.82) is 0 Å². The summed E-state index contributed by atoms with van der Waals surface area (Å²) < 4.78 is 0. The quantitative estimate of drug-likeness (QED) is 0.721. The van der Waals surface area contributed by atoms with Crippen LogP contribution in [0.5, 0.6) is 0 Å². The predicted molar refractivity (Wildman–Crippen MR) is 83.5 cm³/mol. The number of unbranched alkanes of at least 4 members (excludes halogenated alkanes) is 1. The van der Waals surface area contributed by atoms with Crippen LogP contribution in [0.1, 0.15) is 65.7 Å². The smallest absolute Gasteiger partial charge is 0.0198 e. The molecule has 1 saturated carbocycles. The summed E-state index contributed by atoms with van der Waals surface area (Å²) in [7, 11) is 0. The van der Waals surface area contributed by atoms with Crippen molar-refractivity contribution in [2.75, 3.05) is 19.6 Å². The van der Waals surface area contributed by atoms with Gasteiger partial charge < -0.3 is 5.32 Å². The van der Waals surface area contributed by atoms with Crippen molar-refractivity contribution in [2.45, 2.75) is 77.8 Å². The minimum Gasteiger partial charge on any atom is -0.313 e. The molecular formula is C17H34N2. The van der Waals surface area contributed by atoms with Crippen LogP contribution in [-0.2, 0) is 0 Å². The van der Waals surface area contributed by atoms with Crippen LogP contribution < -0.4 is 5.32 Å². The van der Waals surface area contributed by atoms with Gasteiger partial charge in [0.25, 0.3) is 0 Å². The molecule has 2 aliphatic rings. The molecule has 0 radical (unpaired) electrons. The Morgan fingerprint density at radius 3 is 2.63 bits per heavy atom. The molecule has 2 atom stereocenters. The van der Waals surface area contributed by atoms with E-state index in [0.29, 0.717) is 0 Å². The third-order valence-electron chi connectivity index (χ3n) is 4.75. The Bertz CT molecular complexity index is 248. The van der Waals surface area contributed by atoms with Crippen molar-refractivity contribution in [1.82, 2.24) is 10.2 Å². The molecule has 0 spiro atoms. The SMILES string of the molecule is CCCCC1CC(NCCC(C)C)CN(C2CC2)C1. The van der Waals surface area contributed by atoms with E-state index in [9.17, 15) is 0 Å². The Hall–Kier alpha value is -0.0800. The van der Waals surface area contributed by atoms with Crippen molar-refractivity contribution in [3.8, 4) is 0 Å². The lowest BCUT2D eigenvalue weighted by Gasteiger charge is -2.38. The fraction of sp³-hybridized carbons (Fsp3) is 1.00. The molecule has 0 aromatic carbocycles. The molecule has 1 saturated heterocycles. The van der Waals surface area contributed by atoms with Gasteiger partial charge in [-0.1, -0.05) is 33.6 Å². The number of piperidine rings is 1. The first-order chi connectivity index (χ1) is 9.19. The molecule has 1 N–H and O–H groups in total. The largest absolute Gasteiger partial charge is 0.313 e. The van der Waals surface area contributed by atoms with E-state index in [1.807, 2.05) is 0 Å². The van der Waals surface area contributed by atoms with Gasteiger partial charge in [0.05, 0.1) is 0 Å². The van der Waals surface area contributed by atoms with E-state index in [4.69, 9.17) is 0 Å². The Kier molecular flexibility index (Phi) is 6.15. The monoisotopic (exact) mass is 266 g/mol. The minimum atomic E-state index is 0.759. The van der Waals surface area contributed by atoms with Crippen molar-refractivity contribution >= 4 is 0 Å². The maximum Gasteiger partial charge on any atom is 0.0198 e. The van der Waals surface area contributed by atoms with E-state index < -0.39 is 0 Å². The number of nitrogens with one attached hydrogen (secondary N) is 1. The lowest BCUT2D eigenvalue weighted by molar-refractivity contribution is 0.127. The third-order valence-corrected chi connectivity index (χ3v) is 4.75. The first-order valence-corrected chi connectivity index (χ1v) is 8.66. The molecule has 0 aromatic rings. The zero-order chi connectivity index (χ0) is 13.7. The van der Waals surface area contributed by atoms with Gasteiger partial charge in [-0.15, -0.1) is 0 Å². The second-order valence-electron chi connectivity index (χ2n) is 7.26. The highest BCUT2D eigenvalue weighted by Crippen LogP contribution is 2.32. The van der Waals surface area contributed by atoms with Crippen LogP contribution in [0.25, 0.3) is 0 Å². The van der Waals surface area contributed by atoms with Gasteiger partial charge in [0.15, 0.2) is 0 Å². The molecule has 2 rings (SSSR count). The Morgan fingerprint density at radius 2 is 2.00 bits per heavy atom. The maximum absolute atomic E-state index is 3.83. The summed E-state index contributed by atoms with van der Waals surface area (Å²) in [5.74, 6) is 1.78. The van der Waals surface area contributed by atoms with Gasteiger partial charge in [-0.05, 0) is 50.5 Å². The lowest BCUT2D eigenvalue weighted by Crippen LogP contribution is -2.50. The van der Waals surface area contributed by atoms with Crippen molar-refractivity contribution < 1.29 is 0 Å². The second kappa shape index (κ2) is 7.64. The molecule has 2 fully saturated rings. The normalized spacial score (nSPS) is 29.1. The molecule has 2 nitrogen and oxygen atoms in total. The zero-order valence-corrected chi connectivity index (χ0v) is 13.3. The van der Waals surface area contributed by atoms with Crippen LogP contribution in [0.15, 0.2) is 0 Å². The molecule has 1 aliphatic carbocycles. The summed E-state index contributed by atoms with van der Waals surface area (Å²) in [6.45, 7) is 10.9. The van der Waals surface area contributed by atoms with Crippen molar-refractivity contribution in [2.24, 2.45) is 11.8 Å². The Balaban J connectivity index is 1.76. The number of rotatable bonds is 8. The molecule has 0 aromatic heterocycles. The van der Waals surface area contributed by atoms with E-state index in [2.05, 4.69) is 31.0 Å². The second-order valence-corrected chi connectivity index (χ2v) is 7.26. The molecule has 1 heterocycles. The molecule has 2 heteroatoms. The zero-order valence-electron chi connectivity index (χ0n) is 13.3. The van der Waals surface area contributed by atoms with Crippen LogP contribution in [0, 0.1) is 11.8 Å². The molecular weight excluding hydrogens is 232 g/mol. The summed E-state index contributed by atoms with van der Waals surface area (Å²) in [6.07, 6.45) is 9.87. The van der Waals surface area contributed by atoms with E-state index in [1.165, 1.54) is 64.6 Å². The van der Waals surface area contributed by atoms with Crippen LogP contribution in [-0.4, -0.2) is 36.6 Å². The minimum absolute atomic E-state index is 0.759. The summed E-state index contributed by atoms with van der Waals surface area (Å²) in [5.41, 5.74) is 0. The van der Waals surface area contributed by atoms with Crippen molar-refractivity contribution in [3.63, 3.8) is 0 Å². The van der Waals surface area contributed by atoms with Gasteiger partial charge in [-0.3, -0.25) is 4.90 Å². The summed E-state index contributed by atoms with van der Waals surface area (Å²) >= 11 is 0. The molecule has 0 bridgehead atoms. The standard InChI is InChI=1S/C17H34N2/c1-4-5-6-15-11-16(18-10-9-14(2)3)13-19(12-15)17-7-8-17/h14-18H,4-13H2,1-3H3. The van der Waals surface area contributed by atoms with Gasteiger partial charge >= 0.3 is 0 Å². The molecule has 2 unspecified atom stereocenters. The Morgan fingerprint density at radius 1 is 1.21 bits per heavy atom. The highest BCUT2D eigenvalue weighted by Gasteiger charge is 2.35. The number of hydrogen-bond acceptors (Lipinski definition) is 2. The predicted octanol–water partition coefficient (Wildman–Crippen LogP) is 3.67. The Labute approximate surface area is 120 Å². The van der Waals surface area contributed by atoms with Gasteiger partial charge in [-0.25, -0.2) is 0 Å². The summed E-state index contributed by atoms with van der Waals surface area (Å²) in [5, 5.41) is 3.83. The van der Waals surface area contributed by atoms with E-state index in [-0.39, 0.29) is 0 Å². The van der Waals surface area contributed by atoms with Crippen LogP contribution >= 0.6 is 0 Å². The van der Waals surface area contributed by atoms with Crippen LogP contribution in [0.2, 0.25) is 0 Å². The molecule has 112 valence electrons. The average molecular weight is 266 g/mol. The van der Waals surface area contributed by atoms with Crippen LogP contribution in [0.4, 0.5) is 0 Å². The van der Waals surface area contributed by atoms with E-state index in [1.54, 1.807) is 0 Å². The molecule has 19 heavy (non-hydrogen) atoms. The number of hydrogen-bond donors (Lipinski definition) is 1. The molecule has 1 aliphatic heterocycles. The summed E-state index contributed by atoms with van der Waals surface area (Å²) in [6, 6.07) is 1.70. The van der Waals surface area contributed by atoms with Gasteiger partial charge in [0.2, 0.25) is 0 Å². The highest BCUT2D eigenvalue weighted by molar-refractivity contribution is 4.92. The van der Waals surface area contributed by atoms with Gasteiger partial charge in [0.1, 0.15) is 0 Å². The van der Waals surface area contributed by atoms with E-state index in [0.717, 1.165) is 23.9 Å². The highest BCUT2D eigenvalue weighted by atomic mass is 15.2.